The molecule has 0 bridgehead atoms. The highest BCUT2D eigenvalue weighted by Crippen LogP contribution is 2.49. The van der Waals surface area contributed by atoms with Crippen molar-refractivity contribution in [2.24, 2.45) is 17.3 Å². The number of carboxylic acid groups (broad SMARTS) is 1. The SMILES string of the molecule is CC(C)(C)C1CCC(C2(OC(=O)/C=C/C(=O)O)CCCC2)CC1. The Balaban J connectivity index is 2.01. The van der Waals surface area contributed by atoms with Gasteiger partial charge in [-0.15, -0.1) is 0 Å². The first kappa shape index (κ1) is 18.0. The maximum absolute atomic E-state index is 12.0. The molecule has 0 spiro atoms. The Hall–Kier alpha value is -1.32. The summed E-state index contributed by atoms with van der Waals surface area (Å²) in [6.45, 7) is 6.92. The van der Waals surface area contributed by atoms with Crippen LogP contribution in [-0.2, 0) is 14.3 Å². The molecule has 2 saturated carbocycles. The molecule has 0 aromatic rings. The molecule has 4 heteroatoms. The van der Waals surface area contributed by atoms with E-state index < -0.39 is 11.9 Å². The lowest BCUT2D eigenvalue weighted by Gasteiger charge is -2.43. The van der Waals surface area contributed by atoms with Gasteiger partial charge in [-0.2, -0.15) is 0 Å². The molecule has 0 unspecified atom stereocenters. The summed E-state index contributed by atoms with van der Waals surface area (Å²) < 4.78 is 5.82. The van der Waals surface area contributed by atoms with Crippen molar-refractivity contribution in [3.8, 4) is 0 Å². The molecule has 0 aromatic heterocycles. The molecule has 130 valence electrons. The molecule has 2 rings (SSSR count). The Labute approximate surface area is 139 Å². The zero-order valence-corrected chi connectivity index (χ0v) is 14.6. The minimum absolute atomic E-state index is 0.342. The summed E-state index contributed by atoms with van der Waals surface area (Å²) in [5.41, 5.74) is -0.0164. The van der Waals surface area contributed by atoms with Crippen LogP contribution in [0.4, 0.5) is 0 Å². The van der Waals surface area contributed by atoms with Crippen LogP contribution in [0.2, 0.25) is 0 Å². The Morgan fingerprint density at radius 3 is 2.09 bits per heavy atom. The van der Waals surface area contributed by atoms with Gasteiger partial charge < -0.3 is 9.84 Å². The fourth-order valence-corrected chi connectivity index (χ4v) is 4.43. The third-order valence-electron chi connectivity index (χ3n) is 5.81. The average molecular weight is 322 g/mol. The molecule has 1 N–H and O–H groups in total. The molecule has 0 heterocycles. The topological polar surface area (TPSA) is 63.6 Å². The van der Waals surface area contributed by atoms with Gasteiger partial charge in [-0.25, -0.2) is 9.59 Å². The summed E-state index contributed by atoms with van der Waals surface area (Å²) in [4.78, 5) is 22.6. The van der Waals surface area contributed by atoms with Crippen LogP contribution in [0.25, 0.3) is 0 Å². The van der Waals surface area contributed by atoms with Crippen molar-refractivity contribution in [1.82, 2.24) is 0 Å². The van der Waals surface area contributed by atoms with E-state index in [4.69, 9.17) is 9.84 Å². The first-order chi connectivity index (χ1) is 10.7. The summed E-state index contributed by atoms with van der Waals surface area (Å²) >= 11 is 0. The second-order valence-corrected chi connectivity index (χ2v) is 8.28. The molecule has 0 radical (unpaired) electrons. The monoisotopic (exact) mass is 322 g/mol. The fraction of sp³-hybridized carbons (Fsp3) is 0.789. The minimum Gasteiger partial charge on any atom is -0.478 e. The second-order valence-electron chi connectivity index (χ2n) is 8.28. The minimum atomic E-state index is -1.12. The van der Waals surface area contributed by atoms with Gasteiger partial charge >= 0.3 is 11.9 Å². The van der Waals surface area contributed by atoms with Gasteiger partial charge in [0.1, 0.15) is 5.60 Å². The van der Waals surface area contributed by atoms with Crippen LogP contribution >= 0.6 is 0 Å². The maximum atomic E-state index is 12.0. The van der Waals surface area contributed by atoms with E-state index in [1.807, 2.05) is 0 Å². The number of hydrogen-bond acceptors (Lipinski definition) is 3. The number of rotatable bonds is 4. The Kier molecular flexibility index (Phi) is 5.53. The Morgan fingerprint density at radius 1 is 1.04 bits per heavy atom. The molecule has 0 atom stereocenters. The van der Waals surface area contributed by atoms with Crippen molar-refractivity contribution in [3.63, 3.8) is 0 Å². The molecule has 0 amide bonds. The van der Waals surface area contributed by atoms with Crippen LogP contribution in [-0.4, -0.2) is 22.6 Å². The molecule has 0 aliphatic heterocycles. The van der Waals surface area contributed by atoms with Gasteiger partial charge in [0, 0.05) is 12.2 Å². The van der Waals surface area contributed by atoms with Gasteiger partial charge in [0.05, 0.1) is 0 Å². The lowest BCUT2D eigenvalue weighted by molar-refractivity contribution is -0.162. The number of aliphatic carboxylic acids is 1. The van der Waals surface area contributed by atoms with Crippen LogP contribution in [0.1, 0.15) is 72.1 Å². The van der Waals surface area contributed by atoms with Crippen molar-refractivity contribution in [2.45, 2.75) is 77.7 Å². The third kappa shape index (κ3) is 4.58. The fourth-order valence-electron chi connectivity index (χ4n) is 4.43. The van der Waals surface area contributed by atoms with Crippen molar-refractivity contribution < 1.29 is 19.4 Å². The number of ether oxygens (including phenoxy) is 1. The Bertz CT molecular complexity index is 458. The molecular formula is C19H30O4. The lowest BCUT2D eigenvalue weighted by Crippen LogP contribution is -2.42. The highest BCUT2D eigenvalue weighted by molar-refractivity contribution is 5.90. The van der Waals surface area contributed by atoms with Gasteiger partial charge in [-0.1, -0.05) is 20.8 Å². The average Bonchev–Trinajstić information content (AvgIpc) is 2.94. The summed E-state index contributed by atoms with van der Waals surface area (Å²) in [5, 5.41) is 8.65. The normalized spacial score (nSPS) is 28.0. The molecule has 2 aliphatic rings. The first-order valence-corrected chi connectivity index (χ1v) is 8.87. The van der Waals surface area contributed by atoms with E-state index in [0.29, 0.717) is 11.3 Å². The molecular weight excluding hydrogens is 292 g/mol. The van der Waals surface area contributed by atoms with Gasteiger partial charge in [0.15, 0.2) is 0 Å². The lowest BCUT2D eigenvalue weighted by atomic mass is 9.66. The number of carbonyl (C=O) groups excluding carboxylic acids is 1. The molecule has 23 heavy (non-hydrogen) atoms. The van der Waals surface area contributed by atoms with Crippen molar-refractivity contribution in [3.05, 3.63) is 12.2 Å². The van der Waals surface area contributed by atoms with Crippen molar-refractivity contribution in [1.29, 1.82) is 0 Å². The standard InChI is InChI=1S/C19H30O4/c1-18(2,3)14-6-8-15(9-7-14)19(12-4-5-13-19)23-17(22)11-10-16(20)21/h10-11,14-15H,4-9,12-13H2,1-3H3,(H,20,21)/b11-10+. The molecule has 2 fully saturated rings. The molecule has 4 nitrogen and oxygen atoms in total. The van der Waals surface area contributed by atoms with E-state index in [1.54, 1.807) is 0 Å². The number of carbonyl (C=O) groups is 2. The van der Waals surface area contributed by atoms with Gasteiger partial charge in [-0.05, 0) is 68.6 Å². The van der Waals surface area contributed by atoms with Crippen LogP contribution in [0.15, 0.2) is 12.2 Å². The zero-order chi connectivity index (χ0) is 17.1. The van der Waals surface area contributed by atoms with Crippen LogP contribution in [0.3, 0.4) is 0 Å². The summed E-state index contributed by atoms with van der Waals surface area (Å²) in [5.74, 6) is -0.467. The molecule has 2 aliphatic carbocycles. The smallest absolute Gasteiger partial charge is 0.331 e. The maximum Gasteiger partial charge on any atom is 0.331 e. The van der Waals surface area contributed by atoms with E-state index in [-0.39, 0.29) is 5.60 Å². The zero-order valence-electron chi connectivity index (χ0n) is 14.6. The highest BCUT2D eigenvalue weighted by Gasteiger charge is 2.46. The van der Waals surface area contributed by atoms with Gasteiger partial charge in [-0.3, -0.25) is 0 Å². The first-order valence-electron chi connectivity index (χ1n) is 8.87. The largest absolute Gasteiger partial charge is 0.478 e. The van der Waals surface area contributed by atoms with Gasteiger partial charge in [0.2, 0.25) is 0 Å². The van der Waals surface area contributed by atoms with E-state index in [9.17, 15) is 9.59 Å². The van der Waals surface area contributed by atoms with Crippen LogP contribution in [0, 0.1) is 17.3 Å². The number of hydrogen-bond donors (Lipinski definition) is 1. The highest BCUT2D eigenvalue weighted by atomic mass is 16.6. The van der Waals surface area contributed by atoms with Crippen LogP contribution < -0.4 is 0 Å². The summed E-state index contributed by atoms with van der Waals surface area (Å²) in [6, 6.07) is 0. The Morgan fingerprint density at radius 2 is 1.61 bits per heavy atom. The predicted octanol–water partition coefficient (Wildman–Crippen LogP) is 4.34. The summed E-state index contributed by atoms with van der Waals surface area (Å²) in [7, 11) is 0. The van der Waals surface area contributed by atoms with Crippen LogP contribution in [0.5, 0.6) is 0 Å². The number of esters is 1. The third-order valence-corrected chi connectivity index (χ3v) is 5.81. The second kappa shape index (κ2) is 7.06. The van der Waals surface area contributed by atoms with E-state index in [1.165, 1.54) is 12.8 Å². The van der Waals surface area contributed by atoms with E-state index in [2.05, 4.69) is 20.8 Å². The molecule has 0 aromatic carbocycles. The summed E-state index contributed by atoms with van der Waals surface area (Å²) in [6.07, 6.45) is 10.5. The van der Waals surface area contributed by atoms with Crippen molar-refractivity contribution >= 4 is 11.9 Å². The van der Waals surface area contributed by atoms with E-state index in [0.717, 1.165) is 56.6 Å². The van der Waals surface area contributed by atoms with Crippen molar-refractivity contribution in [2.75, 3.05) is 0 Å². The van der Waals surface area contributed by atoms with E-state index >= 15 is 0 Å². The quantitative estimate of drug-likeness (QED) is 0.618. The molecule has 0 saturated heterocycles. The predicted molar refractivity (Wildman–Crippen MR) is 89.0 cm³/mol. The van der Waals surface area contributed by atoms with Gasteiger partial charge in [0.25, 0.3) is 0 Å². The number of carboxylic acids is 1.